The summed E-state index contributed by atoms with van der Waals surface area (Å²) in [6, 6.07) is 8.70. The molecule has 0 saturated carbocycles. The monoisotopic (exact) mass is 348 g/mol. The van der Waals surface area contributed by atoms with E-state index in [1.807, 2.05) is 27.7 Å². The minimum absolute atomic E-state index is 0.503. The molecule has 2 aliphatic rings. The molecule has 0 N–H and O–H groups in total. The minimum atomic E-state index is 0.503. The van der Waals surface area contributed by atoms with Gasteiger partial charge in [-0.15, -0.1) is 0 Å². The van der Waals surface area contributed by atoms with Crippen molar-refractivity contribution in [2.75, 3.05) is 0 Å². The van der Waals surface area contributed by atoms with Crippen LogP contribution in [0.15, 0.2) is 77.4 Å². The van der Waals surface area contributed by atoms with Gasteiger partial charge in [0.2, 0.25) is 0 Å². The van der Waals surface area contributed by atoms with Crippen molar-refractivity contribution in [2.45, 2.75) is 55.4 Å². The summed E-state index contributed by atoms with van der Waals surface area (Å²) < 4.78 is 0. The molecule has 0 radical (unpaired) electrons. The molecule has 1 aromatic carbocycles. The molecule has 0 bridgehead atoms. The van der Waals surface area contributed by atoms with Crippen molar-refractivity contribution in [3.05, 3.63) is 88.6 Å². The van der Waals surface area contributed by atoms with Crippen LogP contribution < -0.4 is 0 Å². The van der Waals surface area contributed by atoms with Crippen LogP contribution in [-0.2, 0) is 0 Å². The molecular weight excluding hydrogens is 312 g/mol. The van der Waals surface area contributed by atoms with E-state index in [9.17, 15) is 0 Å². The number of hydrogen-bond acceptors (Lipinski definition) is 0. The molecule has 0 aromatic heterocycles. The Kier molecular flexibility index (Phi) is 9.13. The number of hydrogen-bond donors (Lipinski definition) is 0. The number of allylic oxidation sites excluding steroid dienone is 10. The van der Waals surface area contributed by atoms with E-state index in [1.54, 1.807) is 0 Å². The third-order valence-corrected chi connectivity index (χ3v) is 4.77. The minimum Gasteiger partial charge on any atom is -0.0767 e. The zero-order valence-corrected chi connectivity index (χ0v) is 17.9. The summed E-state index contributed by atoms with van der Waals surface area (Å²) in [7, 11) is 0. The smallest absolute Gasteiger partial charge is 0.00841 e. The van der Waals surface area contributed by atoms with Gasteiger partial charge < -0.3 is 0 Å². The summed E-state index contributed by atoms with van der Waals surface area (Å²) in [6.07, 6.45) is 13.7. The summed E-state index contributed by atoms with van der Waals surface area (Å²) >= 11 is 0. The lowest BCUT2D eigenvalue weighted by Crippen LogP contribution is -2.17. The summed E-state index contributed by atoms with van der Waals surface area (Å²) in [5, 5.41) is 0. The largest absolute Gasteiger partial charge is 0.0767 e. The van der Waals surface area contributed by atoms with Gasteiger partial charge in [0.15, 0.2) is 0 Å². The Balaban J connectivity index is 0.000000791. The van der Waals surface area contributed by atoms with Gasteiger partial charge in [-0.2, -0.15) is 0 Å². The van der Waals surface area contributed by atoms with Gasteiger partial charge in [0.05, 0.1) is 0 Å². The number of fused-ring (bicyclic) bond motifs is 1. The Labute approximate surface area is 161 Å². The standard InChI is InChI=1S/C22H24.2C2H6/c1-15(2)22(19-11-7-5-9-16(19)3)21-14-13-18-10-6-8-12-20(18)17(21)4;2*1-2/h5-14,18,20H,1-4H3;2*1-2H3. The van der Waals surface area contributed by atoms with Gasteiger partial charge in [0, 0.05) is 11.8 Å². The molecule has 0 saturated heterocycles. The van der Waals surface area contributed by atoms with E-state index in [2.05, 4.69) is 88.4 Å². The van der Waals surface area contributed by atoms with E-state index in [4.69, 9.17) is 0 Å². The third kappa shape index (κ3) is 4.75. The lowest BCUT2D eigenvalue weighted by Gasteiger charge is -2.30. The van der Waals surface area contributed by atoms with E-state index in [0.29, 0.717) is 11.8 Å². The highest BCUT2D eigenvalue weighted by Gasteiger charge is 2.25. The molecule has 2 unspecified atom stereocenters. The van der Waals surface area contributed by atoms with Crippen molar-refractivity contribution in [3.63, 3.8) is 0 Å². The summed E-state index contributed by atoms with van der Waals surface area (Å²) in [4.78, 5) is 0. The zero-order valence-electron chi connectivity index (χ0n) is 17.9. The van der Waals surface area contributed by atoms with Crippen LogP contribution in [-0.4, -0.2) is 0 Å². The van der Waals surface area contributed by atoms with Crippen LogP contribution in [0.4, 0.5) is 0 Å². The molecule has 1 aromatic rings. The molecule has 0 amide bonds. The fourth-order valence-electron chi connectivity index (χ4n) is 3.58. The van der Waals surface area contributed by atoms with Crippen LogP contribution in [0.5, 0.6) is 0 Å². The molecule has 2 aliphatic carbocycles. The molecule has 26 heavy (non-hydrogen) atoms. The molecular formula is C26H36. The van der Waals surface area contributed by atoms with Crippen LogP contribution >= 0.6 is 0 Å². The van der Waals surface area contributed by atoms with Crippen LogP contribution in [0.3, 0.4) is 0 Å². The first kappa shape index (κ1) is 22.0. The second kappa shape index (κ2) is 10.8. The van der Waals surface area contributed by atoms with Crippen molar-refractivity contribution in [3.8, 4) is 0 Å². The molecule has 2 atom stereocenters. The maximum atomic E-state index is 2.36. The topological polar surface area (TPSA) is 0 Å². The lowest BCUT2D eigenvalue weighted by molar-refractivity contribution is 0.620. The van der Waals surface area contributed by atoms with Crippen molar-refractivity contribution in [2.24, 2.45) is 11.8 Å². The molecule has 0 nitrogen and oxygen atoms in total. The summed E-state index contributed by atoms with van der Waals surface area (Å²) in [5.41, 5.74) is 8.35. The first-order chi connectivity index (χ1) is 12.6. The highest BCUT2D eigenvalue weighted by atomic mass is 14.3. The van der Waals surface area contributed by atoms with Gasteiger partial charge in [-0.05, 0) is 50.0 Å². The van der Waals surface area contributed by atoms with E-state index in [-0.39, 0.29) is 0 Å². The van der Waals surface area contributed by atoms with Crippen LogP contribution in [0.25, 0.3) is 5.57 Å². The van der Waals surface area contributed by atoms with Gasteiger partial charge in [-0.25, -0.2) is 0 Å². The predicted molar refractivity (Wildman–Crippen MR) is 119 cm³/mol. The van der Waals surface area contributed by atoms with E-state index in [1.165, 1.54) is 33.4 Å². The fourth-order valence-corrected chi connectivity index (χ4v) is 3.58. The highest BCUT2D eigenvalue weighted by molar-refractivity contribution is 5.86. The van der Waals surface area contributed by atoms with E-state index < -0.39 is 0 Å². The first-order valence-electron chi connectivity index (χ1n) is 10.1. The van der Waals surface area contributed by atoms with Gasteiger partial charge >= 0.3 is 0 Å². The van der Waals surface area contributed by atoms with Gasteiger partial charge in [0.1, 0.15) is 0 Å². The lowest BCUT2D eigenvalue weighted by atomic mass is 9.74. The average molecular weight is 349 g/mol. The van der Waals surface area contributed by atoms with E-state index >= 15 is 0 Å². The molecule has 0 heteroatoms. The average Bonchev–Trinajstić information content (AvgIpc) is 2.68. The molecule has 0 fully saturated rings. The maximum Gasteiger partial charge on any atom is 0.00841 e. The van der Waals surface area contributed by atoms with Crippen LogP contribution in [0, 0.1) is 18.8 Å². The molecule has 3 rings (SSSR count). The second-order valence-corrected chi connectivity index (χ2v) is 6.52. The van der Waals surface area contributed by atoms with Crippen LogP contribution in [0.2, 0.25) is 0 Å². The Morgan fingerprint density at radius 1 is 0.808 bits per heavy atom. The summed E-state index contributed by atoms with van der Waals surface area (Å²) in [5.74, 6) is 1.02. The first-order valence-corrected chi connectivity index (χ1v) is 10.1. The van der Waals surface area contributed by atoms with E-state index in [0.717, 1.165) is 0 Å². The van der Waals surface area contributed by atoms with Crippen molar-refractivity contribution in [1.29, 1.82) is 0 Å². The van der Waals surface area contributed by atoms with Crippen LogP contribution in [0.1, 0.15) is 59.6 Å². The van der Waals surface area contributed by atoms with Crippen molar-refractivity contribution >= 4 is 5.57 Å². The van der Waals surface area contributed by atoms with Gasteiger partial charge in [-0.1, -0.05) is 99.6 Å². The van der Waals surface area contributed by atoms with Crippen molar-refractivity contribution in [1.82, 2.24) is 0 Å². The quantitative estimate of drug-likeness (QED) is 0.506. The second-order valence-electron chi connectivity index (χ2n) is 6.52. The molecule has 0 spiro atoms. The Hall–Kier alpha value is -2.08. The summed E-state index contributed by atoms with van der Waals surface area (Å²) in [6.45, 7) is 16.9. The number of aryl methyl sites for hydroxylation is 1. The number of rotatable bonds is 2. The molecule has 0 heterocycles. The Bertz CT molecular complexity index is 731. The molecule has 0 aliphatic heterocycles. The third-order valence-electron chi connectivity index (χ3n) is 4.77. The van der Waals surface area contributed by atoms with Gasteiger partial charge in [-0.3, -0.25) is 0 Å². The number of benzene rings is 1. The molecule has 140 valence electrons. The zero-order chi connectivity index (χ0) is 19.7. The SMILES string of the molecule is CC.CC.CC(C)=C(C1=C(C)C2C=CC=CC2C=C1)c1ccccc1C. The Morgan fingerprint density at radius 2 is 1.42 bits per heavy atom. The maximum absolute atomic E-state index is 2.36. The predicted octanol–water partition coefficient (Wildman–Crippen LogP) is 8.09. The highest BCUT2D eigenvalue weighted by Crippen LogP contribution is 2.40. The van der Waals surface area contributed by atoms with Crippen molar-refractivity contribution < 1.29 is 0 Å². The Morgan fingerprint density at radius 3 is 2.04 bits per heavy atom. The normalized spacial score (nSPS) is 19.7. The fraction of sp³-hybridized carbons (Fsp3) is 0.385. The van der Waals surface area contributed by atoms with Gasteiger partial charge in [0.25, 0.3) is 0 Å².